The molecule has 3 aromatic carbocycles. The number of carbonyl (C=O) groups is 2. The molecule has 10 heteroatoms. The number of nitrogens with zero attached hydrogens (tertiary/aromatic N) is 2. The van der Waals surface area contributed by atoms with Crippen LogP contribution in [0.25, 0.3) is 0 Å². The van der Waals surface area contributed by atoms with Crippen molar-refractivity contribution >= 4 is 44.8 Å². The topological polar surface area (TPSA) is 118 Å². The van der Waals surface area contributed by atoms with E-state index in [2.05, 4.69) is 0 Å². The highest BCUT2D eigenvalue weighted by Gasteiger charge is 2.48. The summed E-state index contributed by atoms with van der Waals surface area (Å²) >= 11 is 6.42. The molecule has 0 saturated carbocycles. The van der Waals surface area contributed by atoms with Gasteiger partial charge in [0.25, 0.3) is 5.91 Å². The van der Waals surface area contributed by atoms with E-state index in [-0.39, 0.29) is 30.3 Å². The van der Waals surface area contributed by atoms with Gasteiger partial charge >= 0.3 is 10.0 Å². The van der Waals surface area contributed by atoms with Crippen LogP contribution in [0.5, 0.6) is 0 Å². The normalized spacial score (nSPS) is 17.6. The fourth-order valence-corrected chi connectivity index (χ4v) is 6.87. The molecule has 1 saturated heterocycles. The number of halogens is 1. The average molecular weight is 543 g/mol. The van der Waals surface area contributed by atoms with E-state index in [1.165, 1.54) is 17.0 Å². The fourth-order valence-electron chi connectivity index (χ4n) is 4.74. The number of aryl methyl sites for hydroxylation is 1. The number of aliphatic hydroxyl groups excluding tert-OH is 1. The summed E-state index contributed by atoms with van der Waals surface area (Å²) in [6.07, 6.45) is -0.666. The van der Waals surface area contributed by atoms with Crippen molar-refractivity contribution in [2.24, 2.45) is 5.73 Å². The molecule has 3 aromatic rings. The van der Waals surface area contributed by atoms with E-state index >= 15 is 0 Å². The van der Waals surface area contributed by atoms with Gasteiger partial charge in [0.1, 0.15) is 11.4 Å². The number of nitrogens with two attached hydrogens (primary N) is 1. The van der Waals surface area contributed by atoms with Crippen LogP contribution in [0.1, 0.15) is 23.1 Å². The van der Waals surface area contributed by atoms with Crippen LogP contribution in [-0.2, 0) is 26.2 Å². The van der Waals surface area contributed by atoms with Crippen LogP contribution in [0.15, 0.2) is 71.6 Å². The number of β-amino-alcohol motifs (C(OH)–C–C–N with tert-alkyl or cyclic N) is 1. The van der Waals surface area contributed by atoms with Crippen molar-refractivity contribution in [1.82, 2.24) is 3.89 Å². The molecule has 1 aliphatic rings. The predicted molar refractivity (Wildman–Crippen MR) is 144 cm³/mol. The molecule has 4 rings (SSSR count). The number of sulfonamides is 1. The first kappa shape index (κ1) is 26.8. The van der Waals surface area contributed by atoms with E-state index < -0.39 is 32.5 Å². The Morgan fingerprint density at radius 3 is 2.30 bits per heavy atom. The third-order valence-corrected chi connectivity index (χ3v) is 9.31. The zero-order valence-electron chi connectivity index (χ0n) is 20.6. The van der Waals surface area contributed by atoms with Crippen molar-refractivity contribution in [2.75, 3.05) is 18.0 Å². The van der Waals surface area contributed by atoms with Gasteiger partial charge in [0, 0.05) is 27.9 Å². The Kier molecular flexibility index (Phi) is 7.43. The minimum Gasteiger partial charge on any atom is -0.391 e. The summed E-state index contributed by atoms with van der Waals surface area (Å²) in [7, 11) is -4.23. The second-order valence-electron chi connectivity index (χ2n) is 9.37. The van der Waals surface area contributed by atoms with Gasteiger partial charge < -0.3 is 15.7 Å². The Labute approximate surface area is 221 Å². The smallest absolute Gasteiger partial charge is 0.332 e. The number of aliphatic hydroxyl groups is 1. The maximum Gasteiger partial charge on any atom is 0.332 e. The maximum atomic E-state index is 14.4. The predicted octanol–water partition coefficient (Wildman–Crippen LogP) is 3.44. The maximum absolute atomic E-state index is 14.4. The zero-order chi connectivity index (χ0) is 27.0. The third-order valence-electron chi connectivity index (χ3n) is 6.66. The second kappa shape index (κ2) is 10.3. The highest BCUT2D eigenvalue weighted by molar-refractivity contribution is 7.91. The molecule has 2 atom stereocenters. The van der Waals surface area contributed by atoms with Crippen LogP contribution in [0.2, 0.25) is 5.02 Å². The number of primary amides is 1. The summed E-state index contributed by atoms with van der Waals surface area (Å²) in [6, 6.07) is 18.2. The average Bonchev–Trinajstić information content (AvgIpc) is 3.18. The first-order chi connectivity index (χ1) is 17.4. The molecule has 1 fully saturated rings. The van der Waals surface area contributed by atoms with E-state index in [0.29, 0.717) is 27.5 Å². The number of anilines is 1. The lowest BCUT2D eigenvalue weighted by atomic mass is 10.1. The van der Waals surface area contributed by atoms with Gasteiger partial charge in [-0.25, -0.2) is 0 Å². The zero-order valence-corrected chi connectivity index (χ0v) is 22.2. The number of quaternary nitrogens is 1. The van der Waals surface area contributed by atoms with Crippen LogP contribution in [-0.4, -0.2) is 44.5 Å². The van der Waals surface area contributed by atoms with Crippen LogP contribution in [0.4, 0.5) is 11.4 Å². The molecule has 2 amide bonds. The van der Waals surface area contributed by atoms with Crippen LogP contribution in [0, 0.1) is 13.8 Å². The Balaban J connectivity index is 1.88. The largest absolute Gasteiger partial charge is 0.391 e. The monoisotopic (exact) mass is 542 g/mol. The number of rotatable bonds is 8. The van der Waals surface area contributed by atoms with Crippen molar-refractivity contribution < 1.29 is 23.1 Å². The minimum absolute atomic E-state index is 0.0481. The first-order valence-corrected chi connectivity index (χ1v) is 13.6. The molecule has 37 heavy (non-hydrogen) atoms. The van der Waals surface area contributed by atoms with E-state index in [0.717, 1.165) is 5.56 Å². The molecule has 3 N–H and O–H groups in total. The van der Waals surface area contributed by atoms with Crippen molar-refractivity contribution in [2.45, 2.75) is 37.8 Å². The van der Waals surface area contributed by atoms with Gasteiger partial charge in [0.2, 0.25) is 5.91 Å². The van der Waals surface area contributed by atoms with Crippen LogP contribution < -0.4 is 14.5 Å². The summed E-state index contributed by atoms with van der Waals surface area (Å²) < 4.78 is 27.9. The van der Waals surface area contributed by atoms with Crippen LogP contribution in [0.3, 0.4) is 0 Å². The lowest BCUT2D eigenvalue weighted by Gasteiger charge is -2.36. The van der Waals surface area contributed by atoms with Crippen molar-refractivity contribution in [3.05, 3.63) is 88.4 Å². The third kappa shape index (κ3) is 5.13. The summed E-state index contributed by atoms with van der Waals surface area (Å²) in [5.74, 6) is -0.973. The van der Waals surface area contributed by atoms with E-state index in [1.54, 1.807) is 61.5 Å². The SMILES string of the molecule is Cc1ccc(S(=O)(=O)[N+](CC(N)=O)(Cc2ccc(N3CC(O)CC3=O)cc2)c2cccc(Cl)c2C)cc1. The summed E-state index contributed by atoms with van der Waals surface area (Å²) in [6.45, 7) is 3.13. The van der Waals surface area contributed by atoms with Gasteiger partial charge in [-0.15, -0.1) is 0 Å². The Morgan fingerprint density at radius 2 is 1.73 bits per heavy atom. The van der Waals surface area contributed by atoms with E-state index in [4.69, 9.17) is 17.3 Å². The second-order valence-corrected chi connectivity index (χ2v) is 11.9. The molecular formula is C27H29ClN3O5S+. The molecule has 2 unspecified atom stereocenters. The van der Waals surface area contributed by atoms with Crippen molar-refractivity contribution in [1.29, 1.82) is 0 Å². The Bertz CT molecular complexity index is 1440. The fraction of sp³-hybridized carbons (Fsp3) is 0.259. The van der Waals surface area contributed by atoms with Gasteiger partial charge in [-0.1, -0.05) is 47.5 Å². The molecule has 0 aliphatic carbocycles. The molecular weight excluding hydrogens is 514 g/mol. The van der Waals surface area contributed by atoms with Gasteiger partial charge in [-0.3, -0.25) is 9.59 Å². The summed E-state index contributed by atoms with van der Waals surface area (Å²) in [5.41, 5.74) is 8.63. The lowest BCUT2D eigenvalue weighted by Crippen LogP contribution is -2.57. The minimum atomic E-state index is -4.23. The number of benzene rings is 3. The molecule has 8 nitrogen and oxygen atoms in total. The molecule has 0 aromatic heterocycles. The highest BCUT2D eigenvalue weighted by Crippen LogP contribution is 2.39. The Morgan fingerprint density at radius 1 is 1.08 bits per heavy atom. The molecule has 0 spiro atoms. The van der Waals surface area contributed by atoms with Crippen molar-refractivity contribution in [3.63, 3.8) is 0 Å². The molecule has 1 heterocycles. The van der Waals surface area contributed by atoms with Gasteiger partial charge in [-0.05, 0) is 44.2 Å². The number of hydrogen-bond donors (Lipinski definition) is 2. The molecule has 0 bridgehead atoms. The molecule has 1 aliphatic heterocycles. The van der Waals surface area contributed by atoms with E-state index in [9.17, 15) is 23.1 Å². The van der Waals surface area contributed by atoms with Crippen LogP contribution >= 0.6 is 11.6 Å². The standard InChI is InChI=1S/C27H28ClN3O5S/c1-18-6-12-23(13-7-18)37(35,36)31(17-26(29)33,25-5-3-4-24(28)19(25)2)16-20-8-10-21(11-9-20)30-15-22(32)14-27(30)34/h3-13,22,32H,14-17H2,1-2H3,(H-,29,33)/p+1. The first-order valence-electron chi connectivity index (χ1n) is 11.7. The summed E-state index contributed by atoms with van der Waals surface area (Å²) in [4.78, 5) is 26.2. The number of amides is 2. The quantitative estimate of drug-likeness (QED) is 0.423. The highest BCUT2D eigenvalue weighted by atomic mass is 35.5. The van der Waals surface area contributed by atoms with Gasteiger partial charge in [0.05, 0.1) is 19.1 Å². The number of hydrogen-bond acceptors (Lipinski definition) is 5. The molecule has 0 radical (unpaired) electrons. The van der Waals surface area contributed by atoms with E-state index in [1.807, 2.05) is 6.92 Å². The van der Waals surface area contributed by atoms with Gasteiger partial charge in [0.15, 0.2) is 12.2 Å². The lowest BCUT2D eigenvalue weighted by molar-refractivity contribution is -0.118. The summed E-state index contributed by atoms with van der Waals surface area (Å²) in [5, 5.41) is 10.2. The van der Waals surface area contributed by atoms with Gasteiger partial charge in [-0.2, -0.15) is 12.3 Å². The molecule has 194 valence electrons. The van der Waals surface area contributed by atoms with Crippen molar-refractivity contribution in [3.8, 4) is 0 Å². The number of carbonyl (C=O) groups excluding carboxylic acids is 2. The Hall–Kier alpha value is -3.24.